The monoisotopic (exact) mass is 585 g/mol. The first-order chi connectivity index (χ1) is 15.3. The van der Waals surface area contributed by atoms with Gasteiger partial charge in [-0.2, -0.15) is 17.6 Å². The van der Waals surface area contributed by atoms with Crippen LogP contribution < -0.4 is 14.1 Å². The van der Waals surface area contributed by atoms with E-state index in [1.165, 1.54) is 42.2 Å². The highest BCUT2D eigenvalue weighted by molar-refractivity contribution is 14.1. The Morgan fingerprint density at radius 1 is 1.27 bits per heavy atom. The number of hydrogen-bond acceptors (Lipinski definition) is 5. The van der Waals surface area contributed by atoms with Crippen LogP contribution in [-0.4, -0.2) is 34.7 Å². The summed E-state index contributed by atoms with van der Waals surface area (Å²) in [5, 5.41) is 2.36. The number of halogens is 6. The van der Waals surface area contributed by atoms with Crippen molar-refractivity contribution in [2.45, 2.75) is 37.6 Å². The first-order valence-corrected chi connectivity index (χ1v) is 10.3. The summed E-state index contributed by atoms with van der Waals surface area (Å²) in [6, 6.07) is 4.21. The van der Waals surface area contributed by atoms with Crippen molar-refractivity contribution in [1.29, 1.82) is 0 Å². The predicted octanol–water partition coefficient (Wildman–Crippen LogP) is 4.27. The molecule has 1 aromatic heterocycles. The SMILES string of the molecule is C[C@H]1[C@@H](c2ccc(F)c(F)c2OI)[C@@H](C(=O)Nc2ccnc(C(N)=O)c2)O[C@@]1(C)C(F)(F)F. The van der Waals surface area contributed by atoms with Crippen LogP contribution in [0.15, 0.2) is 30.5 Å². The molecule has 2 heterocycles. The van der Waals surface area contributed by atoms with Gasteiger partial charge in [-0.05, 0) is 25.1 Å². The van der Waals surface area contributed by atoms with E-state index in [1.807, 2.05) is 0 Å². The summed E-state index contributed by atoms with van der Waals surface area (Å²) in [6.07, 6.45) is -5.49. The molecular weight excluding hydrogens is 568 g/mol. The molecule has 1 saturated heterocycles. The van der Waals surface area contributed by atoms with Crippen molar-refractivity contribution >= 4 is 40.5 Å². The van der Waals surface area contributed by atoms with Gasteiger partial charge in [0.2, 0.25) is 5.82 Å². The van der Waals surface area contributed by atoms with Crippen molar-refractivity contribution in [2.24, 2.45) is 11.7 Å². The van der Waals surface area contributed by atoms with Crippen molar-refractivity contribution in [1.82, 2.24) is 4.98 Å². The number of carbonyl (C=O) groups is 2. The number of primary amides is 1. The van der Waals surface area contributed by atoms with Crippen molar-refractivity contribution < 1.29 is 39.3 Å². The summed E-state index contributed by atoms with van der Waals surface area (Å²) in [4.78, 5) is 28.1. The van der Waals surface area contributed by atoms with Gasteiger partial charge in [0.15, 0.2) is 40.2 Å². The molecule has 3 rings (SSSR count). The third-order valence-electron chi connectivity index (χ3n) is 5.72. The van der Waals surface area contributed by atoms with Gasteiger partial charge in [-0.15, -0.1) is 0 Å². The molecule has 3 N–H and O–H groups in total. The van der Waals surface area contributed by atoms with Gasteiger partial charge < -0.3 is 18.9 Å². The maximum Gasteiger partial charge on any atom is 0.417 e. The number of alkyl halides is 3. The summed E-state index contributed by atoms with van der Waals surface area (Å²) in [5.74, 6) is -7.98. The summed E-state index contributed by atoms with van der Waals surface area (Å²) in [6.45, 7) is 1.97. The molecule has 0 radical (unpaired) electrons. The summed E-state index contributed by atoms with van der Waals surface area (Å²) < 4.78 is 80.0. The number of nitrogens with one attached hydrogen (secondary N) is 1. The van der Waals surface area contributed by atoms with Gasteiger partial charge in [0.1, 0.15) is 11.8 Å². The molecule has 0 unspecified atom stereocenters. The predicted molar refractivity (Wildman–Crippen MR) is 114 cm³/mol. The van der Waals surface area contributed by atoms with Crippen LogP contribution in [0.25, 0.3) is 0 Å². The summed E-state index contributed by atoms with van der Waals surface area (Å²) >= 11 is 1.27. The van der Waals surface area contributed by atoms with Crippen LogP contribution >= 0.6 is 23.0 Å². The number of hydrogen-bond donors (Lipinski definition) is 2. The zero-order valence-corrected chi connectivity index (χ0v) is 19.2. The number of benzene rings is 1. The molecule has 2 aromatic rings. The normalized spacial score (nSPS) is 25.0. The fraction of sp³-hybridized carbons (Fsp3) is 0.350. The van der Waals surface area contributed by atoms with Crippen molar-refractivity contribution in [3.05, 3.63) is 53.4 Å². The van der Waals surface area contributed by atoms with E-state index in [4.69, 9.17) is 13.5 Å². The zero-order valence-electron chi connectivity index (χ0n) is 17.0. The van der Waals surface area contributed by atoms with Gasteiger partial charge in [-0.1, -0.05) is 13.0 Å². The highest BCUT2D eigenvalue weighted by atomic mass is 127. The maximum atomic E-state index is 14.3. The lowest BCUT2D eigenvalue weighted by molar-refractivity contribution is -0.272. The van der Waals surface area contributed by atoms with Gasteiger partial charge in [0.25, 0.3) is 11.8 Å². The smallest absolute Gasteiger partial charge is 0.417 e. The molecule has 1 fully saturated rings. The van der Waals surface area contributed by atoms with Crippen LogP contribution in [0, 0.1) is 17.6 Å². The number of carbonyl (C=O) groups excluding carboxylic acids is 2. The zero-order chi connectivity index (χ0) is 24.7. The number of nitrogens with two attached hydrogens (primary N) is 1. The molecule has 1 aromatic carbocycles. The van der Waals surface area contributed by atoms with E-state index in [2.05, 4.69) is 10.3 Å². The number of nitrogens with zero attached hydrogens (tertiary/aromatic N) is 1. The van der Waals surface area contributed by atoms with Crippen molar-refractivity contribution in [3.8, 4) is 5.75 Å². The standard InChI is InChI=1S/C20H17F5IN3O4/c1-8-13(10-3-4-11(21)14(22)15(10)33-26)16(32-19(8,2)20(23,24)25)18(31)29-9-5-6-28-12(7-9)17(27)30/h3-8,13,16H,1-2H3,(H2,27,30)(H,28,29,31)/t8-,13-,16-,19+/m0/s1. The van der Waals surface area contributed by atoms with Crippen LogP contribution in [0.3, 0.4) is 0 Å². The van der Waals surface area contributed by atoms with E-state index in [-0.39, 0.29) is 16.9 Å². The Hall–Kier alpha value is -2.55. The van der Waals surface area contributed by atoms with Gasteiger partial charge in [-0.3, -0.25) is 14.6 Å². The highest BCUT2D eigenvalue weighted by Gasteiger charge is 2.65. The Labute approximate surface area is 198 Å². The average Bonchev–Trinajstić information content (AvgIpc) is 3.02. The van der Waals surface area contributed by atoms with Crippen molar-refractivity contribution in [3.63, 3.8) is 0 Å². The fourth-order valence-electron chi connectivity index (χ4n) is 3.77. The van der Waals surface area contributed by atoms with E-state index in [9.17, 15) is 31.5 Å². The molecule has 1 aliphatic heterocycles. The molecular formula is C20H17F5IN3O4. The molecule has 1 aliphatic rings. The molecule has 178 valence electrons. The topological polar surface area (TPSA) is 104 Å². The summed E-state index contributed by atoms with van der Waals surface area (Å²) in [5.41, 5.74) is 2.03. The highest BCUT2D eigenvalue weighted by Crippen LogP contribution is 2.55. The fourth-order valence-corrected chi connectivity index (χ4v) is 4.22. The Bertz CT molecular complexity index is 1100. The van der Waals surface area contributed by atoms with Crippen LogP contribution in [0.5, 0.6) is 5.75 Å². The van der Waals surface area contributed by atoms with E-state index in [0.29, 0.717) is 0 Å². The Balaban J connectivity index is 2.07. The van der Waals surface area contributed by atoms with Gasteiger partial charge in [-0.25, -0.2) is 4.39 Å². The van der Waals surface area contributed by atoms with Gasteiger partial charge in [0.05, 0.1) is 0 Å². The number of aromatic nitrogens is 1. The molecule has 0 spiro atoms. The second-order valence-corrected chi connectivity index (χ2v) is 8.04. The number of pyridine rings is 1. The second kappa shape index (κ2) is 9.00. The Morgan fingerprint density at radius 2 is 1.94 bits per heavy atom. The lowest BCUT2D eigenvalue weighted by atomic mass is 9.77. The van der Waals surface area contributed by atoms with Crippen LogP contribution in [0.1, 0.15) is 35.8 Å². The first kappa shape index (κ1) is 25.1. The Morgan fingerprint density at radius 3 is 2.52 bits per heavy atom. The van der Waals surface area contributed by atoms with Crippen LogP contribution in [-0.2, 0) is 9.53 Å². The minimum absolute atomic E-state index is 0.0232. The largest absolute Gasteiger partial charge is 0.424 e. The molecule has 33 heavy (non-hydrogen) atoms. The second-order valence-electron chi connectivity index (χ2n) is 7.60. The molecule has 0 saturated carbocycles. The maximum absolute atomic E-state index is 14.3. The molecule has 0 aliphatic carbocycles. The minimum atomic E-state index is -4.89. The third kappa shape index (κ3) is 4.47. The molecule has 2 amide bonds. The number of rotatable bonds is 5. The van der Waals surface area contributed by atoms with E-state index in [1.54, 1.807) is 0 Å². The quantitative estimate of drug-likeness (QED) is 0.404. The molecule has 13 heteroatoms. The minimum Gasteiger partial charge on any atom is -0.424 e. The Kier molecular flexibility index (Phi) is 6.84. The first-order valence-electron chi connectivity index (χ1n) is 9.39. The van der Waals surface area contributed by atoms with Crippen LogP contribution in [0.2, 0.25) is 0 Å². The van der Waals surface area contributed by atoms with Crippen LogP contribution in [0.4, 0.5) is 27.6 Å². The van der Waals surface area contributed by atoms with E-state index in [0.717, 1.165) is 25.1 Å². The average molecular weight is 585 g/mol. The lowest BCUT2D eigenvalue weighted by Crippen LogP contribution is -2.47. The lowest BCUT2D eigenvalue weighted by Gasteiger charge is -2.31. The van der Waals surface area contributed by atoms with Gasteiger partial charge in [0, 0.05) is 29.3 Å². The van der Waals surface area contributed by atoms with Gasteiger partial charge >= 0.3 is 6.18 Å². The van der Waals surface area contributed by atoms with E-state index >= 15 is 0 Å². The summed E-state index contributed by atoms with van der Waals surface area (Å²) in [7, 11) is 0. The number of amides is 2. The molecule has 7 nitrogen and oxygen atoms in total. The molecule has 4 atom stereocenters. The third-order valence-corrected chi connectivity index (χ3v) is 6.16. The number of anilines is 1. The van der Waals surface area contributed by atoms with Crippen molar-refractivity contribution in [2.75, 3.05) is 5.32 Å². The van der Waals surface area contributed by atoms with E-state index < -0.39 is 58.9 Å². The molecule has 0 bridgehead atoms. The number of ether oxygens (including phenoxy) is 1.